The van der Waals surface area contributed by atoms with Crippen molar-refractivity contribution in [1.29, 1.82) is 0 Å². The first kappa shape index (κ1) is 27.6. The fourth-order valence-electron chi connectivity index (χ4n) is 5.44. The van der Waals surface area contributed by atoms with E-state index in [4.69, 9.17) is 22.1 Å². The van der Waals surface area contributed by atoms with E-state index in [2.05, 4.69) is 19.9 Å². The molecular weight excluding hydrogens is 534 g/mol. The first-order valence-corrected chi connectivity index (χ1v) is 13.5. The molecule has 0 unspecified atom stereocenters. The Kier molecular flexibility index (Phi) is 7.77. The molecule has 40 heavy (non-hydrogen) atoms. The molecule has 11 nitrogen and oxygen atoms in total. The fraction of sp³-hybridized carbons (Fsp3) is 0.393. The Morgan fingerprint density at radius 3 is 2.75 bits per heavy atom. The number of nitrogens with zero attached hydrogens (tertiary/aromatic N) is 5. The van der Waals surface area contributed by atoms with Gasteiger partial charge >= 0.3 is 0 Å². The van der Waals surface area contributed by atoms with E-state index in [0.29, 0.717) is 53.1 Å². The van der Waals surface area contributed by atoms with Gasteiger partial charge in [-0.3, -0.25) is 19.5 Å². The van der Waals surface area contributed by atoms with Crippen LogP contribution in [-0.4, -0.2) is 68.6 Å². The van der Waals surface area contributed by atoms with Gasteiger partial charge in [0.25, 0.3) is 11.8 Å². The average molecular weight is 566 g/mol. The predicted octanol–water partition coefficient (Wildman–Crippen LogP) is 3.38. The van der Waals surface area contributed by atoms with Gasteiger partial charge in [-0.05, 0) is 51.2 Å². The van der Waals surface area contributed by atoms with E-state index in [1.165, 1.54) is 4.90 Å². The second-order valence-corrected chi connectivity index (χ2v) is 10.5. The molecule has 0 radical (unpaired) electrons. The maximum atomic E-state index is 13.8. The van der Waals surface area contributed by atoms with Gasteiger partial charge in [0.2, 0.25) is 5.95 Å². The summed E-state index contributed by atoms with van der Waals surface area (Å²) in [6, 6.07) is 1.72. The van der Waals surface area contributed by atoms with Gasteiger partial charge in [0.15, 0.2) is 5.82 Å². The largest absolute Gasteiger partial charge is 0.496 e. The number of nitrogens with one attached hydrogen (secondary N) is 1. The lowest BCUT2D eigenvalue weighted by Gasteiger charge is -2.31. The number of hydrogen-bond donors (Lipinski definition) is 3. The Labute approximate surface area is 237 Å². The molecule has 3 aromatic heterocycles. The van der Waals surface area contributed by atoms with Gasteiger partial charge in [-0.2, -0.15) is 4.98 Å². The molecule has 5 heterocycles. The Morgan fingerprint density at radius 2 is 2.05 bits per heavy atom. The first-order valence-electron chi connectivity index (χ1n) is 13.2. The Hall–Kier alpha value is -3.96. The predicted molar refractivity (Wildman–Crippen MR) is 152 cm³/mol. The highest BCUT2D eigenvalue weighted by atomic mass is 35.5. The first-order chi connectivity index (χ1) is 19.2. The van der Waals surface area contributed by atoms with Crippen LogP contribution in [-0.2, 0) is 11.3 Å². The van der Waals surface area contributed by atoms with E-state index < -0.39 is 0 Å². The number of aliphatic hydroxyl groups is 1. The minimum atomic E-state index is -0.342. The third-order valence-electron chi connectivity index (χ3n) is 7.61. The fourth-order valence-corrected chi connectivity index (χ4v) is 5.71. The number of halogens is 1. The molecule has 2 amide bonds. The maximum Gasteiger partial charge on any atom is 0.260 e. The zero-order valence-corrected chi connectivity index (χ0v) is 23.5. The van der Waals surface area contributed by atoms with Crippen LogP contribution >= 0.6 is 11.6 Å². The molecule has 0 saturated carbocycles. The molecule has 4 N–H and O–H groups in total. The highest BCUT2D eigenvalue weighted by Gasteiger charge is 2.37. The summed E-state index contributed by atoms with van der Waals surface area (Å²) in [6.45, 7) is 5.39. The number of aliphatic hydroxyl groups excluding tert-OH is 1. The molecule has 0 atom stereocenters. The van der Waals surface area contributed by atoms with Crippen molar-refractivity contribution >= 4 is 46.8 Å². The summed E-state index contributed by atoms with van der Waals surface area (Å²) >= 11 is 6.49. The number of hydrogen-bond acceptors (Lipinski definition) is 8. The summed E-state index contributed by atoms with van der Waals surface area (Å²) in [5, 5.41) is 9.25. The highest BCUT2D eigenvalue weighted by Crippen LogP contribution is 2.41. The van der Waals surface area contributed by atoms with Crippen LogP contribution in [0.5, 0.6) is 5.75 Å². The highest BCUT2D eigenvalue weighted by molar-refractivity contribution is 6.41. The number of amides is 2. The van der Waals surface area contributed by atoms with Crippen molar-refractivity contribution in [2.45, 2.75) is 39.7 Å². The molecule has 2 aliphatic heterocycles. The second-order valence-electron chi connectivity index (χ2n) is 10.2. The number of carbonyl (C=O) groups excluding carboxylic acids is 2. The minimum absolute atomic E-state index is 0.0514. The van der Waals surface area contributed by atoms with Gasteiger partial charge in [-0.15, -0.1) is 0 Å². The van der Waals surface area contributed by atoms with Crippen LogP contribution in [0, 0.1) is 19.8 Å². The average Bonchev–Trinajstić information content (AvgIpc) is 3.49. The summed E-state index contributed by atoms with van der Waals surface area (Å²) in [5.74, 6) is 0.970. The number of piperidine rings is 1. The summed E-state index contributed by atoms with van der Waals surface area (Å²) in [6.07, 6.45) is 7.50. The molecule has 5 rings (SSSR count). The lowest BCUT2D eigenvalue weighted by molar-refractivity contribution is -0.113. The third-order valence-corrected chi connectivity index (χ3v) is 7.89. The number of carbonyl (C=O) groups is 2. The van der Waals surface area contributed by atoms with Crippen LogP contribution in [0.1, 0.15) is 57.7 Å². The number of fused-ring (bicyclic) bond motifs is 1. The van der Waals surface area contributed by atoms with Gasteiger partial charge in [-0.25, -0.2) is 4.98 Å². The summed E-state index contributed by atoms with van der Waals surface area (Å²) in [5.41, 5.74) is 9.96. The van der Waals surface area contributed by atoms with Crippen LogP contribution in [0.25, 0.3) is 11.6 Å². The Bertz CT molecular complexity index is 1490. The molecule has 210 valence electrons. The zero-order valence-electron chi connectivity index (χ0n) is 22.7. The van der Waals surface area contributed by atoms with E-state index >= 15 is 0 Å². The van der Waals surface area contributed by atoms with Crippen molar-refractivity contribution in [3.8, 4) is 5.75 Å². The van der Waals surface area contributed by atoms with Gasteiger partial charge in [0.05, 0.1) is 36.0 Å². The van der Waals surface area contributed by atoms with Crippen molar-refractivity contribution in [3.05, 3.63) is 57.3 Å². The van der Waals surface area contributed by atoms with Crippen LogP contribution < -0.4 is 15.4 Å². The van der Waals surface area contributed by atoms with Gasteiger partial charge in [0, 0.05) is 48.9 Å². The van der Waals surface area contributed by atoms with Gasteiger partial charge < -0.3 is 25.5 Å². The number of nitrogen functional groups attached to an aromatic ring is 1. The van der Waals surface area contributed by atoms with E-state index in [1.807, 2.05) is 18.7 Å². The molecule has 12 heteroatoms. The van der Waals surface area contributed by atoms with Crippen LogP contribution in [0.2, 0.25) is 5.15 Å². The van der Waals surface area contributed by atoms with E-state index in [9.17, 15) is 14.7 Å². The molecular formula is C28H32ClN7O4. The summed E-state index contributed by atoms with van der Waals surface area (Å²) in [7, 11) is 1.60. The second kappa shape index (κ2) is 11.3. The monoisotopic (exact) mass is 565 g/mol. The lowest BCUT2D eigenvalue weighted by Crippen LogP contribution is -2.38. The van der Waals surface area contributed by atoms with Crippen molar-refractivity contribution in [2.24, 2.45) is 5.92 Å². The smallest absolute Gasteiger partial charge is 0.260 e. The quantitative estimate of drug-likeness (QED) is 0.291. The number of H-pyrrole nitrogens is 1. The van der Waals surface area contributed by atoms with Crippen molar-refractivity contribution < 1.29 is 19.4 Å². The molecule has 1 saturated heterocycles. The molecule has 0 aliphatic carbocycles. The summed E-state index contributed by atoms with van der Waals surface area (Å²) < 4.78 is 5.53. The van der Waals surface area contributed by atoms with Crippen LogP contribution in [0.15, 0.2) is 18.5 Å². The van der Waals surface area contributed by atoms with Crippen LogP contribution in [0.3, 0.4) is 0 Å². The standard InChI is InChI=1S/C28H32ClN7O4/c1-15-12-32-21(16(2)23(15)40-3)14-36-25-22(24(29)33-28(30)34-25)20(27(36)39)11-19-10-18(13-31-19)26(38)35-7-4-17(5-8-35)6-9-37/h10-13,17,31,37H,4-9,14H2,1-3H3,(H2,30,33,34)/b20-11+. The minimum Gasteiger partial charge on any atom is -0.496 e. The van der Waals surface area contributed by atoms with Crippen LogP contribution in [0.4, 0.5) is 11.8 Å². The number of pyridine rings is 1. The molecule has 1 fully saturated rings. The topological polar surface area (TPSA) is 151 Å². The number of likely N-dealkylation sites (tertiary alicyclic amines) is 1. The van der Waals surface area contributed by atoms with E-state index in [1.54, 1.807) is 31.6 Å². The zero-order chi connectivity index (χ0) is 28.6. The number of anilines is 2. The number of aryl methyl sites for hydroxylation is 1. The molecule has 2 aliphatic rings. The normalized spacial score (nSPS) is 16.6. The number of aromatic amines is 1. The third kappa shape index (κ3) is 5.14. The Morgan fingerprint density at radius 1 is 1.30 bits per heavy atom. The van der Waals surface area contributed by atoms with Crippen molar-refractivity contribution in [3.63, 3.8) is 0 Å². The number of methoxy groups -OCH3 is 1. The molecule has 0 bridgehead atoms. The number of aromatic nitrogens is 4. The van der Waals surface area contributed by atoms with Crippen molar-refractivity contribution in [2.75, 3.05) is 37.4 Å². The Balaban J connectivity index is 1.43. The van der Waals surface area contributed by atoms with E-state index in [0.717, 1.165) is 30.4 Å². The number of rotatable bonds is 7. The summed E-state index contributed by atoms with van der Waals surface area (Å²) in [4.78, 5) is 46.2. The molecule has 0 spiro atoms. The maximum absolute atomic E-state index is 13.8. The van der Waals surface area contributed by atoms with E-state index in [-0.39, 0.29) is 41.6 Å². The molecule has 3 aromatic rings. The lowest BCUT2D eigenvalue weighted by atomic mass is 9.93. The molecule has 0 aromatic carbocycles. The van der Waals surface area contributed by atoms with Gasteiger partial charge in [0.1, 0.15) is 10.9 Å². The number of ether oxygens (including phenoxy) is 1. The van der Waals surface area contributed by atoms with Gasteiger partial charge in [-0.1, -0.05) is 11.6 Å². The SMILES string of the molecule is COc1c(C)cnc(CN2C(=O)/C(=C/c3cc(C(=O)N4CCC(CCO)CC4)c[nH]3)c3c(Cl)nc(N)nc32)c1C. The van der Waals surface area contributed by atoms with Crippen molar-refractivity contribution in [1.82, 2.24) is 24.8 Å². The number of nitrogens with two attached hydrogens (primary N) is 1.